The third kappa shape index (κ3) is 3.39. The lowest BCUT2D eigenvalue weighted by molar-refractivity contribution is 0.0996. The number of aromatic nitrogens is 1. The van der Waals surface area contributed by atoms with E-state index in [1.54, 1.807) is 18.4 Å². The van der Waals surface area contributed by atoms with E-state index in [1.165, 1.54) is 10.8 Å². The van der Waals surface area contributed by atoms with Crippen molar-refractivity contribution in [1.82, 2.24) is 4.57 Å². The molecule has 0 N–H and O–H groups in total. The minimum absolute atomic E-state index is 0.205. The number of aryl methyl sites for hydroxylation is 2. The molecule has 0 aliphatic heterocycles. The van der Waals surface area contributed by atoms with Crippen molar-refractivity contribution < 1.29 is 9.53 Å². The summed E-state index contributed by atoms with van der Waals surface area (Å²) >= 11 is 1.56. The van der Waals surface area contributed by atoms with Gasteiger partial charge in [0.25, 0.3) is 5.91 Å². The van der Waals surface area contributed by atoms with E-state index >= 15 is 0 Å². The molecule has 0 radical (unpaired) electrons. The molecule has 0 atom stereocenters. The van der Waals surface area contributed by atoms with E-state index < -0.39 is 0 Å². The van der Waals surface area contributed by atoms with Crippen LogP contribution >= 0.6 is 11.3 Å². The van der Waals surface area contributed by atoms with Crippen molar-refractivity contribution in [3.05, 3.63) is 76.1 Å². The van der Waals surface area contributed by atoms with Gasteiger partial charge in [0.15, 0.2) is 4.80 Å². The first kappa shape index (κ1) is 18.6. The minimum atomic E-state index is -0.205. The van der Waals surface area contributed by atoms with Crippen LogP contribution in [0.5, 0.6) is 0 Å². The molecule has 5 heteroatoms. The molecule has 4 aromatic rings. The number of hydrogen-bond donors (Lipinski definition) is 0. The average molecular weight is 391 g/mol. The highest BCUT2D eigenvalue weighted by Gasteiger charge is 2.13. The second kappa shape index (κ2) is 7.70. The molecule has 1 aromatic heterocycles. The molecule has 0 spiro atoms. The molecule has 142 valence electrons. The van der Waals surface area contributed by atoms with Crippen LogP contribution in [0, 0.1) is 13.8 Å². The zero-order valence-corrected chi connectivity index (χ0v) is 17.0. The Balaban J connectivity index is 1.94. The highest BCUT2D eigenvalue weighted by molar-refractivity contribution is 7.17. The number of nitrogens with zero attached hydrogens (tertiary/aromatic N) is 2. The fourth-order valence-corrected chi connectivity index (χ4v) is 4.59. The van der Waals surface area contributed by atoms with Crippen LogP contribution in [0.3, 0.4) is 0 Å². The Bertz CT molecular complexity index is 1250. The van der Waals surface area contributed by atoms with Crippen molar-refractivity contribution in [3.63, 3.8) is 0 Å². The standard InChI is InChI=1S/C23H22N2O2S/c1-15-8-9-16(2)19(14-15)22(26)24-23-25(12-13-27-3)20-11-10-17-6-4-5-7-18(17)21(20)28-23/h4-11,14H,12-13H2,1-3H3. The summed E-state index contributed by atoms with van der Waals surface area (Å²) in [5.74, 6) is -0.205. The Kier molecular flexibility index (Phi) is 5.11. The van der Waals surface area contributed by atoms with E-state index in [0.717, 1.165) is 21.3 Å². The molecule has 3 aromatic carbocycles. The molecule has 0 saturated heterocycles. The number of ether oxygens (including phenoxy) is 1. The molecule has 1 heterocycles. The number of benzene rings is 3. The van der Waals surface area contributed by atoms with Crippen LogP contribution in [-0.4, -0.2) is 24.2 Å². The van der Waals surface area contributed by atoms with Crippen LogP contribution in [0.4, 0.5) is 0 Å². The van der Waals surface area contributed by atoms with Gasteiger partial charge in [-0.15, -0.1) is 0 Å². The molecular formula is C23H22N2O2S. The Labute approximate surface area is 167 Å². The van der Waals surface area contributed by atoms with E-state index in [9.17, 15) is 4.79 Å². The zero-order valence-electron chi connectivity index (χ0n) is 16.2. The van der Waals surface area contributed by atoms with Gasteiger partial charge in [-0.1, -0.05) is 59.4 Å². The fraction of sp³-hybridized carbons (Fsp3) is 0.217. The predicted octanol–water partition coefficient (Wildman–Crippen LogP) is 4.86. The van der Waals surface area contributed by atoms with Crippen LogP contribution in [-0.2, 0) is 11.3 Å². The Hall–Kier alpha value is -2.76. The first-order chi connectivity index (χ1) is 13.6. The second-order valence-corrected chi connectivity index (χ2v) is 7.88. The summed E-state index contributed by atoms with van der Waals surface area (Å²) in [6.07, 6.45) is 0. The topological polar surface area (TPSA) is 43.6 Å². The molecule has 0 unspecified atom stereocenters. The molecule has 4 nitrogen and oxygen atoms in total. The third-order valence-corrected chi connectivity index (χ3v) is 6.04. The first-order valence-electron chi connectivity index (χ1n) is 9.25. The van der Waals surface area contributed by atoms with E-state index in [0.29, 0.717) is 23.5 Å². The van der Waals surface area contributed by atoms with Crippen molar-refractivity contribution >= 4 is 38.2 Å². The van der Waals surface area contributed by atoms with Crippen molar-refractivity contribution in [1.29, 1.82) is 0 Å². The van der Waals surface area contributed by atoms with Crippen molar-refractivity contribution in [3.8, 4) is 0 Å². The van der Waals surface area contributed by atoms with Crippen LogP contribution < -0.4 is 4.80 Å². The van der Waals surface area contributed by atoms with Gasteiger partial charge in [0.05, 0.1) is 16.8 Å². The normalized spacial score (nSPS) is 12.2. The number of rotatable bonds is 4. The molecule has 0 bridgehead atoms. The number of amides is 1. The van der Waals surface area contributed by atoms with E-state index in [2.05, 4.69) is 33.8 Å². The number of thiazole rings is 1. The van der Waals surface area contributed by atoms with E-state index in [4.69, 9.17) is 4.74 Å². The lowest BCUT2D eigenvalue weighted by Crippen LogP contribution is -2.19. The zero-order chi connectivity index (χ0) is 19.7. The van der Waals surface area contributed by atoms with Gasteiger partial charge >= 0.3 is 0 Å². The smallest absolute Gasteiger partial charge is 0.279 e. The highest BCUT2D eigenvalue weighted by atomic mass is 32.1. The Morgan fingerprint density at radius 3 is 2.75 bits per heavy atom. The Morgan fingerprint density at radius 1 is 1.11 bits per heavy atom. The lowest BCUT2D eigenvalue weighted by Gasteiger charge is -2.06. The van der Waals surface area contributed by atoms with E-state index in [1.807, 2.05) is 44.2 Å². The number of fused-ring (bicyclic) bond motifs is 3. The van der Waals surface area contributed by atoms with Crippen LogP contribution in [0.2, 0.25) is 0 Å². The quantitative estimate of drug-likeness (QED) is 0.499. The maximum Gasteiger partial charge on any atom is 0.279 e. The molecular weight excluding hydrogens is 368 g/mol. The highest BCUT2D eigenvalue weighted by Crippen LogP contribution is 2.27. The van der Waals surface area contributed by atoms with E-state index in [-0.39, 0.29) is 5.91 Å². The third-order valence-electron chi connectivity index (χ3n) is 4.91. The summed E-state index contributed by atoms with van der Waals surface area (Å²) in [5.41, 5.74) is 3.72. The van der Waals surface area contributed by atoms with Crippen LogP contribution in [0.15, 0.2) is 59.6 Å². The van der Waals surface area contributed by atoms with Crippen LogP contribution in [0.25, 0.3) is 21.0 Å². The monoisotopic (exact) mass is 390 g/mol. The average Bonchev–Trinajstić information content (AvgIpc) is 3.05. The maximum atomic E-state index is 12.9. The number of carbonyl (C=O) groups is 1. The van der Waals surface area contributed by atoms with Crippen LogP contribution in [0.1, 0.15) is 21.5 Å². The summed E-state index contributed by atoms with van der Waals surface area (Å²) in [6.45, 7) is 5.14. The fourth-order valence-electron chi connectivity index (χ4n) is 3.40. The van der Waals surface area contributed by atoms with Crippen molar-refractivity contribution in [2.24, 2.45) is 4.99 Å². The van der Waals surface area contributed by atoms with Gasteiger partial charge in [0.1, 0.15) is 0 Å². The molecule has 0 fully saturated rings. The van der Waals surface area contributed by atoms with Gasteiger partial charge in [-0.3, -0.25) is 4.79 Å². The van der Waals surface area contributed by atoms with Crippen molar-refractivity contribution in [2.45, 2.75) is 20.4 Å². The summed E-state index contributed by atoms with van der Waals surface area (Å²) in [7, 11) is 1.68. The van der Waals surface area contributed by atoms with Gasteiger partial charge < -0.3 is 9.30 Å². The molecule has 4 rings (SSSR count). The minimum Gasteiger partial charge on any atom is -0.383 e. The van der Waals surface area contributed by atoms with Gasteiger partial charge in [-0.2, -0.15) is 4.99 Å². The van der Waals surface area contributed by atoms with Crippen molar-refractivity contribution in [2.75, 3.05) is 13.7 Å². The summed E-state index contributed by atoms with van der Waals surface area (Å²) in [6, 6.07) is 18.4. The largest absolute Gasteiger partial charge is 0.383 e. The SMILES string of the molecule is COCCn1c(=NC(=O)c2cc(C)ccc2C)sc2c3ccccc3ccc21. The molecule has 0 aliphatic carbocycles. The molecule has 0 aliphatic rings. The summed E-state index contributed by atoms with van der Waals surface area (Å²) in [4.78, 5) is 18.2. The first-order valence-corrected chi connectivity index (χ1v) is 10.1. The maximum absolute atomic E-state index is 12.9. The second-order valence-electron chi connectivity index (χ2n) is 6.90. The number of hydrogen-bond acceptors (Lipinski definition) is 3. The summed E-state index contributed by atoms with van der Waals surface area (Å²) in [5, 5.41) is 2.36. The van der Waals surface area contributed by atoms with Gasteiger partial charge in [0.2, 0.25) is 0 Å². The predicted molar refractivity (Wildman–Crippen MR) is 115 cm³/mol. The molecule has 28 heavy (non-hydrogen) atoms. The molecule has 1 amide bonds. The molecule has 0 saturated carbocycles. The summed E-state index contributed by atoms with van der Waals surface area (Å²) < 4.78 is 8.51. The van der Waals surface area contributed by atoms with Gasteiger partial charge in [0, 0.05) is 24.6 Å². The van der Waals surface area contributed by atoms with Gasteiger partial charge in [-0.25, -0.2) is 0 Å². The Morgan fingerprint density at radius 2 is 1.93 bits per heavy atom. The number of methoxy groups -OCH3 is 1. The van der Waals surface area contributed by atoms with Gasteiger partial charge in [-0.05, 0) is 36.9 Å². The number of carbonyl (C=O) groups excluding carboxylic acids is 1. The lowest BCUT2D eigenvalue weighted by atomic mass is 10.1.